The van der Waals surface area contributed by atoms with E-state index in [2.05, 4.69) is 5.16 Å². The molecule has 1 aromatic heterocycles. The van der Waals surface area contributed by atoms with Gasteiger partial charge in [0.1, 0.15) is 11.5 Å². The molecule has 1 amide bonds. The minimum Gasteiger partial charge on any atom is -0.361 e. The minimum absolute atomic E-state index is 0.0145. The third kappa shape index (κ3) is 2.77. The average Bonchev–Trinajstić information content (AvgIpc) is 2.73. The van der Waals surface area contributed by atoms with Crippen LogP contribution in [0.2, 0.25) is 0 Å². The molecule has 0 aliphatic rings. The largest absolute Gasteiger partial charge is 0.361 e. The van der Waals surface area contributed by atoms with Crippen molar-refractivity contribution in [2.75, 3.05) is 7.05 Å². The molecule has 0 aliphatic carbocycles. The van der Waals surface area contributed by atoms with E-state index in [1.54, 1.807) is 11.9 Å². The van der Waals surface area contributed by atoms with Crippen molar-refractivity contribution in [2.45, 2.75) is 20.4 Å². The van der Waals surface area contributed by atoms with Crippen LogP contribution in [0.4, 0.5) is 0 Å². The van der Waals surface area contributed by atoms with E-state index in [4.69, 9.17) is 4.52 Å². The molecule has 2 aromatic rings. The van der Waals surface area contributed by atoms with Gasteiger partial charge in [0, 0.05) is 18.7 Å². The second-order valence-electron chi connectivity index (χ2n) is 4.46. The number of nitrogens with zero attached hydrogens (tertiary/aromatic N) is 2. The first-order chi connectivity index (χ1) is 8.56. The van der Waals surface area contributed by atoms with Crippen LogP contribution in [0.1, 0.15) is 27.4 Å². The maximum atomic E-state index is 12.2. The average molecular weight is 244 g/mol. The third-order valence-electron chi connectivity index (χ3n) is 2.69. The second-order valence-corrected chi connectivity index (χ2v) is 4.46. The van der Waals surface area contributed by atoms with Crippen LogP contribution in [0.25, 0.3) is 0 Å². The number of benzene rings is 1. The van der Waals surface area contributed by atoms with Crippen LogP contribution < -0.4 is 0 Å². The van der Waals surface area contributed by atoms with Crippen molar-refractivity contribution in [3.8, 4) is 0 Å². The number of hydrogen-bond donors (Lipinski definition) is 0. The molecular formula is C14H16N2O2. The molecule has 0 atom stereocenters. The van der Waals surface area contributed by atoms with Crippen LogP contribution in [0.15, 0.2) is 34.9 Å². The van der Waals surface area contributed by atoms with Crippen molar-refractivity contribution in [2.24, 2.45) is 0 Å². The van der Waals surface area contributed by atoms with E-state index in [1.165, 1.54) is 0 Å². The van der Waals surface area contributed by atoms with Gasteiger partial charge in [0.2, 0.25) is 0 Å². The lowest BCUT2D eigenvalue weighted by atomic mass is 10.1. The molecule has 1 heterocycles. The van der Waals surface area contributed by atoms with Crippen molar-refractivity contribution in [1.29, 1.82) is 0 Å². The summed E-state index contributed by atoms with van der Waals surface area (Å²) in [6.45, 7) is 4.25. The number of amides is 1. The lowest BCUT2D eigenvalue weighted by Crippen LogP contribution is -2.26. The van der Waals surface area contributed by atoms with Crippen molar-refractivity contribution in [1.82, 2.24) is 10.1 Å². The van der Waals surface area contributed by atoms with Gasteiger partial charge >= 0.3 is 0 Å². The number of aromatic nitrogens is 1. The molecule has 0 N–H and O–H groups in total. The molecule has 0 bridgehead atoms. The van der Waals surface area contributed by atoms with E-state index in [-0.39, 0.29) is 5.91 Å². The Morgan fingerprint density at radius 2 is 2.11 bits per heavy atom. The van der Waals surface area contributed by atoms with Gasteiger partial charge in [-0.2, -0.15) is 0 Å². The lowest BCUT2D eigenvalue weighted by Gasteiger charge is -2.15. The van der Waals surface area contributed by atoms with Crippen molar-refractivity contribution >= 4 is 5.91 Å². The van der Waals surface area contributed by atoms with E-state index in [9.17, 15) is 4.79 Å². The zero-order valence-electron chi connectivity index (χ0n) is 10.8. The summed E-state index contributed by atoms with van der Waals surface area (Å²) in [5.74, 6) is 0.737. The number of aryl methyl sites for hydroxylation is 2. The molecule has 4 nitrogen and oxygen atoms in total. The molecule has 0 spiro atoms. The molecule has 1 aromatic carbocycles. The third-order valence-corrected chi connectivity index (χ3v) is 2.69. The van der Waals surface area contributed by atoms with Gasteiger partial charge in [-0.05, 0) is 26.0 Å². The van der Waals surface area contributed by atoms with Crippen LogP contribution in [-0.4, -0.2) is 23.0 Å². The molecule has 94 valence electrons. The predicted octanol–water partition coefficient (Wildman–Crippen LogP) is 2.56. The summed E-state index contributed by atoms with van der Waals surface area (Å²) in [5.41, 5.74) is 2.53. The summed E-state index contributed by atoms with van der Waals surface area (Å²) in [5, 5.41) is 3.88. The predicted molar refractivity (Wildman–Crippen MR) is 68.2 cm³/mol. The van der Waals surface area contributed by atoms with E-state index in [0.29, 0.717) is 12.1 Å². The van der Waals surface area contributed by atoms with Gasteiger partial charge in [0.15, 0.2) is 0 Å². The Hall–Kier alpha value is -2.10. The van der Waals surface area contributed by atoms with Gasteiger partial charge in [-0.25, -0.2) is 0 Å². The fourth-order valence-electron chi connectivity index (χ4n) is 1.81. The van der Waals surface area contributed by atoms with Crippen LogP contribution >= 0.6 is 0 Å². The summed E-state index contributed by atoms with van der Waals surface area (Å²) in [6.07, 6.45) is 0. The molecule has 0 unspecified atom stereocenters. The van der Waals surface area contributed by atoms with E-state index in [1.807, 2.05) is 44.2 Å². The van der Waals surface area contributed by atoms with Gasteiger partial charge in [0.05, 0.1) is 6.54 Å². The highest BCUT2D eigenvalue weighted by atomic mass is 16.5. The number of carbonyl (C=O) groups is 1. The summed E-state index contributed by atoms with van der Waals surface area (Å²) in [7, 11) is 1.76. The fourth-order valence-corrected chi connectivity index (χ4v) is 1.81. The van der Waals surface area contributed by atoms with Crippen molar-refractivity contribution < 1.29 is 9.32 Å². The second kappa shape index (κ2) is 5.04. The standard InChI is InChI=1S/C14H16N2O2/c1-10-5-4-6-12(7-10)14(17)16(3)9-13-8-11(2)18-15-13/h4-8H,9H2,1-3H3. The smallest absolute Gasteiger partial charge is 0.253 e. The zero-order chi connectivity index (χ0) is 13.1. The van der Waals surface area contributed by atoms with Crippen LogP contribution in [0, 0.1) is 13.8 Å². The summed E-state index contributed by atoms with van der Waals surface area (Å²) in [4.78, 5) is 13.8. The Labute approximate surface area is 106 Å². The highest BCUT2D eigenvalue weighted by molar-refractivity contribution is 5.94. The first-order valence-electron chi connectivity index (χ1n) is 5.80. The first-order valence-corrected chi connectivity index (χ1v) is 5.80. The van der Waals surface area contributed by atoms with Gasteiger partial charge < -0.3 is 9.42 Å². The van der Waals surface area contributed by atoms with Gasteiger partial charge in [-0.15, -0.1) is 0 Å². The van der Waals surface area contributed by atoms with Gasteiger partial charge in [0.25, 0.3) is 5.91 Å². The molecular weight excluding hydrogens is 228 g/mol. The molecule has 0 radical (unpaired) electrons. The molecule has 0 saturated carbocycles. The first kappa shape index (κ1) is 12.4. The van der Waals surface area contributed by atoms with E-state index < -0.39 is 0 Å². The molecule has 18 heavy (non-hydrogen) atoms. The summed E-state index contributed by atoms with van der Waals surface area (Å²) < 4.78 is 4.98. The maximum Gasteiger partial charge on any atom is 0.253 e. The monoisotopic (exact) mass is 244 g/mol. The zero-order valence-corrected chi connectivity index (χ0v) is 10.8. The topological polar surface area (TPSA) is 46.3 Å². The molecule has 2 rings (SSSR count). The highest BCUT2D eigenvalue weighted by Gasteiger charge is 2.13. The number of hydrogen-bond acceptors (Lipinski definition) is 3. The number of carbonyl (C=O) groups excluding carboxylic acids is 1. The Morgan fingerprint density at radius 3 is 2.72 bits per heavy atom. The summed E-state index contributed by atoms with van der Waals surface area (Å²) in [6, 6.07) is 9.39. The molecule has 0 saturated heterocycles. The Balaban J connectivity index is 2.09. The fraction of sp³-hybridized carbons (Fsp3) is 0.286. The van der Waals surface area contributed by atoms with Crippen LogP contribution in [-0.2, 0) is 6.54 Å². The van der Waals surface area contributed by atoms with Crippen LogP contribution in [0.3, 0.4) is 0 Å². The molecule has 0 aliphatic heterocycles. The maximum absolute atomic E-state index is 12.2. The molecule has 0 fully saturated rings. The van der Waals surface area contributed by atoms with E-state index in [0.717, 1.165) is 17.0 Å². The highest BCUT2D eigenvalue weighted by Crippen LogP contribution is 2.10. The van der Waals surface area contributed by atoms with Gasteiger partial charge in [-0.3, -0.25) is 4.79 Å². The van der Waals surface area contributed by atoms with Gasteiger partial charge in [-0.1, -0.05) is 22.9 Å². The molecule has 4 heteroatoms. The quantitative estimate of drug-likeness (QED) is 0.833. The van der Waals surface area contributed by atoms with Crippen LogP contribution in [0.5, 0.6) is 0 Å². The Morgan fingerprint density at radius 1 is 1.33 bits per heavy atom. The Bertz CT molecular complexity index is 560. The number of rotatable bonds is 3. The van der Waals surface area contributed by atoms with E-state index >= 15 is 0 Å². The van der Waals surface area contributed by atoms with Crippen molar-refractivity contribution in [3.63, 3.8) is 0 Å². The normalized spacial score (nSPS) is 10.4. The SMILES string of the molecule is Cc1cccc(C(=O)N(C)Cc2cc(C)on2)c1. The lowest BCUT2D eigenvalue weighted by molar-refractivity contribution is 0.0782. The minimum atomic E-state index is -0.0145. The van der Waals surface area contributed by atoms with Crippen molar-refractivity contribution in [3.05, 3.63) is 52.9 Å². The Kier molecular flexibility index (Phi) is 3.46. The summed E-state index contributed by atoms with van der Waals surface area (Å²) >= 11 is 0.